The van der Waals surface area contributed by atoms with Crippen molar-refractivity contribution in [2.24, 2.45) is 5.73 Å². The first-order chi connectivity index (χ1) is 13.0. The van der Waals surface area contributed by atoms with Gasteiger partial charge in [0.05, 0.1) is 5.69 Å². The van der Waals surface area contributed by atoms with Gasteiger partial charge in [-0.25, -0.2) is 15.0 Å². The Morgan fingerprint density at radius 1 is 1.30 bits per heavy atom. The van der Waals surface area contributed by atoms with Gasteiger partial charge >= 0.3 is 0 Å². The van der Waals surface area contributed by atoms with Crippen LogP contribution in [0.5, 0.6) is 0 Å². The maximum absolute atomic E-state index is 10.7. The first kappa shape index (κ1) is 19.8. The highest BCUT2D eigenvalue weighted by molar-refractivity contribution is 5.73. The molecule has 0 bridgehead atoms. The number of hydrogen-bond acceptors (Lipinski definition) is 8. The van der Waals surface area contributed by atoms with E-state index in [4.69, 9.17) is 10.5 Å². The van der Waals surface area contributed by atoms with Gasteiger partial charge < -0.3 is 25.6 Å². The zero-order valence-electron chi connectivity index (χ0n) is 16.0. The molecule has 3 heterocycles. The van der Waals surface area contributed by atoms with E-state index in [9.17, 15) is 10.2 Å². The minimum atomic E-state index is -1.07. The summed E-state index contributed by atoms with van der Waals surface area (Å²) in [7, 11) is 1.93. The molecule has 4 atom stereocenters. The van der Waals surface area contributed by atoms with Crippen molar-refractivity contribution in [3.8, 4) is 0 Å². The third kappa shape index (κ3) is 3.87. The lowest BCUT2D eigenvalue weighted by molar-refractivity contribution is -0.0427. The molecule has 0 amide bonds. The monoisotopic (exact) mass is 376 g/mol. The van der Waals surface area contributed by atoms with E-state index in [2.05, 4.69) is 15.0 Å². The van der Waals surface area contributed by atoms with Crippen LogP contribution < -0.4 is 5.73 Å². The second-order valence-corrected chi connectivity index (χ2v) is 6.86. The molecule has 2 aromatic heterocycles. The molecule has 27 heavy (non-hydrogen) atoms. The fourth-order valence-corrected chi connectivity index (χ4v) is 3.41. The first-order valence-corrected chi connectivity index (χ1v) is 9.21. The van der Waals surface area contributed by atoms with Crippen molar-refractivity contribution < 1.29 is 14.9 Å². The van der Waals surface area contributed by atoms with Crippen LogP contribution in [0.3, 0.4) is 0 Å². The lowest BCUT2D eigenvalue weighted by Crippen LogP contribution is -2.38. The molecule has 0 spiro atoms. The number of hydrogen-bond donors (Lipinski definition) is 3. The molecule has 9 nitrogen and oxygen atoms in total. The highest BCUT2D eigenvalue weighted by Gasteiger charge is 2.45. The van der Waals surface area contributed by atoms with Crippen LogP contribution in [0.1, 0.15) is 24.7 Å². The number of nitrogens with zero attached hydrogens (tertiary/aromatic N) is 5. The van der Waals surface area contributed by atoms with Crippen molar-refractivity contribution in [2.45, 2.75) is 44.8 Å². The number of likely N-dealkylation sites (N-methyl/N-ethyl adjacent to an activating group) is 1. The van der Waals surface area contributed by atoms with Crippen molar-refractivity contribution >= 4 is 11.2 Å². The number of rotatable bonds is 7. The minimum absolute atomic E-state index is 0.478. The molecule has 1 aliphatic rings. The molecule has 4 N–H and O–H groups in total. The summed E-state index contributed by atoms with van der Waals surface area (Å²) in [6.07, 6.45) is 2.64. The quantitative estimate of drug-likeness (QED) is 0.566. The maximum atomic E-state index is 10.7. The number of aryl methyl sites for hydroxylation is 2. The van der Waals surface area contributed by atoms with Crippen LogP contribution in [0.4, 0.5) is 0 Å². The molecular formula is C18H28N6O3. The van der Waals surface area contributed by atoms with E-state index >= 15 is 0 Å². The zero-order valence-corrected chi connectivity index (χ0v) is 16.0. The predicted octanol–water partition coefficient (Wildman–Crippen LogP) is -0.237. The van der Waals surface area contributed by atoms with Crippen LogP contribution in [0, 0.1) is 6.92 Å². The third-order valence-corrected chi connectivity index (χ3v) is 4.85. The maximum Gasteiger partial charge on any atom is 0.166 e. The zero-order chi connectivity index (χ0) is 19.6. The van der Waals surface area contributed by atoms with E-state index in [1.807, 2.05) is 37.9 Å². The van der Waals surface area contributed by atoms with Crippen molar-refractivity contribution in [2.75, 3.05) is 26.7 Å². The molecule has 0 saturated carbocycles. The lowest BCUT2D eigenvalue weighted by Gasteiger charge is -2.21. The van der Waals surface area contributed by atoms with E-state index in [1.54, 1.807) is 4.57 Å². The molecule has 1 fully saturated rings. The largest absolute Gasteiger partial charge is 0.387 e. The number of aliphatic hydroxyl groups excluding tert-OH is 2. The summed E-state index contributed by atoms with van der Waals surface area (Å²) in [4.78, 5) is 15.1. The highest BCUT2D eigenvalue weighted by Crippen LogP contribution is 2.33. The Balaban J connectivity index is 1.85. The van der Waals surface area contributed by atoms with Crippen molar-refractivity contribution in [1.82, 2.24) is 24.4 Å². The Labute approximate surface area is 158 Å². The smallest absolute Gasteiger partial charge is 0.166 e. The molecule has 9 heteroatoms. The van der Waals surface area contributed by atoms with Gasteiger partial charge in [-0.05, 0) is 14.0 Å². The van der Waals surface area contributed by atoms with Crippen LogP contribution in [0.25, 0.3) is 11.2 Å². The van der Waals surface area contributed by atoms with Crippen LogP contribution in [-0.2, 0) is 11.2 Å². The Hall–Kier alpha value is -1.91. The van der Waals surface area contributed by atoms with Crippen LogP contribution in [0.15, 0.2) is 18.5 Å². The average molecular weight is 376 g/mol. The molecule has 0 aromatic carbocycles. The molecular weight excluding hydrogens is 348 g/mol. The van der Waals surface area contributed by atoms with E-state index in [0.717, 1.165) is 11.5 Å². The van der Waals surface area contributed by atoms with Crippen molar-refractivity contribution in [3.63, 3.8) is 0 Å². The van der Waals surface area contributed by atoms with Crippen LogP contribution >= 0.6 is 0 Å². The summed E-state index contributed by atoms with van der Waals surface area (Å²) in [6.45, 7) is 5.50. The summed E-state index contributed by atoms with van der Waals surface area (Å²) in [6, 6.07) is 0. The van der Waals surface area contributed by atoms with Crippen LogP contribution in [-0.4, -0.2) is 79.6 Å². The minimum Gasteiger partial charge on any atom is -0.387 e. The van der Waals surface area contributed by atoms with Gasteiger partial charge in [-0.3, -0.25) is 4.57 Å². The molecule has 2 aromatic rings. The predicted molar refractivity (Wildman–Crippen MR) is 101 cm³/mol. The number of nitrogens with two attached hydrogens (primary N) is 1. The summed E-state index contributed by atoms with van der Waals surface area (Å²) in [5, 5.41) is 21.2. The number of fused-ring (bicyclic) bond motifs is 1. The fraction of sp³-hybridized carbons (Fsp3) is 0.611. The van der Waals surface area contributed by atoms with E-state index in [-0.39, 0.29) is 0 Å². The second-order valence-electron chi connectivity index (χ2n) is 6.86. The van der Waals surface area contributed by atoms with Gasteiger partial charge in [-0.15, -0.1) is 0 Å². The molecule has 3 rings (SSSR count). The molecule has 1 aliphatic heterocycles. The normalized spacial score (nSPS) is 26.0. The van der Waals surface area contributed by atoms with Crippen molar-refractivity contribution in [1.29, 1.82) is 0 Å². The van der Waals surface area contributed by atoms with E-state index < -0.39 is 24.5 Å². The third-order valence-electron chi connectivity index (χ3n) is 4.85. The standard InChI is InChI=1S/C18H28N6O3/c1-4-13-22-14-11(2)20-10-21-17(14)24(13)18-16(26)15(25)12(27-18)9-23(3)8-6-5-7-19/h5-6,10,12,15-16,18,25-26H,4,7-9,19H2,1-3H3/b6-5+/t12-,15-,16-,18-/m1/s1. The topological polar surface area (TPSA) is 123 Å². The molecule has 0 unspecified atom stereocenters. The van der Waals surface area contributed by atoms with Crippen LogP contribution in [0.2, 0.25) is 0 Å². The van der Waals surface area contributed by atoms with Gasteiger partial charge in [0, 0.05) is 26.1 Å². The summed E-state index contributed by atoms with van der Waals surface area (Å²) < 4.78 is 7.85. The van der Waals surface area contributed by atoms with E-state index in [0.29, 0.717) is 37.2 Å². The van der Waals surface area contributed by atoms with Gasteiger partial charge in [0.2, 0.25) is 0 Å². The Kier molecular flexibility index (Phi) is 6.18. The number of ether oxygens (including phenoxy) is 1. The summed E-state index contributed by atoms with van der Waals surface area (Å²) in [5.74, 6) is 0.740. The molecule has 0 radical (unpaired) electrons. The fourth-order valence-electron chi connectivity index (χ4n) is 3.41. The van der Waals surface area contributed by atoms with Crippen molar-refractivity contribution in [3.05, 3.63) is 30.0 Å². The molecule has 0 aliphatic carbocycles. The number of aliphatic hydroxyl groups is 2. The van der Waals surface area contributed by atoms with Gasteiger partial charge in [0.1, 0.15) is 36.0 Å². The first-order valence-electron chi connectivity index (χ1n) is 9.21. The summed E-state index contributed by atoms with van der Waals surface area (Å²) >= 11 is 0. The number of imidazole rings is 1. The average Bonchev–Trinajstić information content (AvgIpc) is 3.15. The molecule has 1 saturated heterocycles. The summed E-state index contributed by atoms with van der Waals surface area (Å²) in [5.41, 5.74) is 7.51. The SMILES string of the molecule is CCc1nc2c(C)ncnc2n1[C@@H]1O[C@H](CN(C)C/C=C/CN)[C@@H](O)[C@H]1O. The van der Waals surface area contributed by atoms with Gasteiger partial charge in [-0.1, -0.05) is 19.1 Å². The number of aromatic nitrogens is 4. The Morgan fingerprint density at radius 3 is 2.78 bits per heavy atom. The molecule has 148 valence electrons. The van der Waals surface area contributed by atoms with Gasteiger partial charge in [0.15, 0.2) is 11.9 Å². The Bertz CT molecular complexity index is 808. The Morgan fingerprint density at radius 2 is 2.07 bits per heavy atom. The second kappa shape index (κ2) is 8.41. The van der Waals surface area contributed by atoms with Gasteiger partial charge in [-0.2, -0.15) is 0 Å². The van der Waals surface area contributed by atoms with E-state index in [1.165, 1.54) is 6.33 Å². The van der Waals surface area contributed by atoms with Gasteiger partial charge in [0.25, 0.3) is 0 Å². The highest BCUT2D eigenvalue weighted by atomic mass is 16.6. The lowest BCUT2D eigenvalue weighted by atomic mass is 10.1.